The van der Waals surface area contributed by atoms with E-state index in [0.29, 0.717) is 0 Å². The summed E-state index contributed by atoms with van der Waals surface area (Å²) in [6, 6.07) is 18.5. The van der Waals surface area contributed by atoms with Crippen molar-refractivity contribution in [2.45, 2.75) is 13.1 Å². The van der Waals surface area contributed by atoms with E-state index in [9.17, 15) is 0 Å². The number of likely N-dealkylation sites (N-methyl/N-ethyl adjacent to an activating group) is 1. The molecule has 0 unspecified atom stereocenters. The summed E-state index contributed by atoms with van der Waals surface area (Å²) in [4.78, 5) is 2.31. The highest BCUT2D eigenvalue weighted by molar-refractivity contribution is 6.30. The number of hydrogen-bond donors (Lipinski definition) is 1. The maximum absolute atomic E-state index is 5.89. The van der Waals surface area contributed by atoms with E-state index in [0.717, 1.165) is 31.2 Å². The highest BCUT2D eigenvalue weighted by Crippen LogP contribution is 2.10. The minimum Gasteiger partial charge on any atom is -0.311 e. The second-order valence-corrected chi connectivity index (χ2v) is 5.46. The molecule has 0 aliphatic carbocycles. The molecule has 2 nitrogen and oxygen atoms in total. The van der Waals surface area contributed by atoms with Crippen LogP contribution in [0.15, 0.2) is 54.6 Å². The smallest absolute Gasteiger partial charge is 0.0406 e. The topological polar surface area (TPSA) is 15.3 Å². The van der Waals surface area contributed by atoms with Gasteiger partial charge in [-0.1, -0.05) is 54.1 Å². The lowest BCUT2D eigenvalue weighted by atomic mass is 10.2. The van der Waals surface area contributed by atoms with Crippen LogP contribution in [0.3, 0.4) is 0 Å². The maximum Gasteiger partial charge on any atom is 0.0406 e. The molecule has 0 aromatic heterocycles. The lowest BCUT2D eigenvalue weighted by Crippen LogP contribution is -2.28. The standard InChI is InChI=1S/C17H21ClN2/c1-20(14-16-7-9-17(18)10-8-16)12-11-19-13-15-5-3-2-4-6-15/h2-10,19H,11-14H2,1H3. The lowest BCUT2D eigenvalue weighted by molar-refractivity contribution is 0.324. The Kier molecular flexibility index (Phi) is 6.06. The van der Waals surface area contributed by atoms with Crippen molar-refractivity contribution < 1.29 is 0 Å². The number of nitrogens with zero attached hydrogens (tertiary/aromatic N) is 1. The van der Waals surface area contributed by atoms with Gasteiger partial charge in [-0.05, 0) is 30.3 Å². The molecule has 2 rings (SSSR count). The number of nitrogens with one attached hydrogen (secondary N) is 1. The fraction of sp³-hybridized carbons (Fsp3) is 0.294. The van der Waals surface area contributed by atoms with Crippen LogP contribution in [-0.4, -0.2) is 25.0 Å². The molecule has 20 heavy (non-hydrogen) atoms. The molecule has 0 saturated heterocycles. The fourth-order valence-corrected chi connectivity index (χ4v) is 2.21. The Hall–Kier alpha value is -1.35. The number of rotatable bonds is 7. The van der Waals surface area contributed by atoms with Crippen LogP contribution in [-0.2, 0) is 13.1 Å². The molecule has 0 aliphatic rings. The van der Waals surface area contributed by atoms with E-state index in [1.54, 1.807) is 0 Å². The molecule has 2 aromatic carbocycles. The van der Waals surface area contributed by atoms with Crippen molar-refractivity contribution in [1.29, 1.82) is 0 Å². The SMILES string of the molecule is CN(CCNCc1ccccc1)Cc1ccc(Cl)cc1. The molecule has 0 radical (unpaired) electrons. The third kappa shape index (κ3) is 5.33. The fourth-order valence-electron chi connectivity index (χ4n) is 2.08. The first-order valence-electron chi connectivity index (χ1n) is 6.91. The number of benzene rings is 2. The van der Waals surface area contributed by atoms with E-state index in [4.69, 9.17) is 11.6 Å². The van der Waals surface area contributed by atoms with Crippen LogP contribution < -0.4 is 5.32 Å². The summed E-state index contributed by atoms with van der Waals surface area (Å²) in [5.74, 6) is 0. The van der Waals surface area contributed by atoms with E-state index < -0.39 is 0 Å². The quantitative estimate of drug-likeness (QED) is 0.784. The first-order valence-corrected chi connectivity index (χ1v) is 7.29. The average Bonchev–Trinajstić information content (AvgIpc) is 2.47. The van der Waals surface area contributed by atoms with Crippen molar-refractivity contribution in [1.82, 2.24) is 10.2 Å². The van der Waals surface area contributed by atoms with Crippen LogP contribution in [0.1, 0.15) is 11.1 Å². The van der Waals surface area contributed by atoms with Crippen molar-refractivity contribution in [3.8, 4) is 0 Å². The third-order valence-electron chi connectivity index (χ3n) is 3.21. The molecule has 0 saturated carbocycles. The monoisotopic (exact) mass is 288 g/mol. The van der Waals surface area contributed by atoms with Gasteiger partial charge in [-0.3, -0.25) is 0 Å². The first kappa shape index (κ1) is 15.0. The summed E-state index contributed by atoms with van der Waals surface area (Å²) in [6.07, 6.45) is 0. The molecule has 0 bridgehead atoms. The molecule has 2 aromatic rings. The number of hydrogen-bond acceptors (Lipinski definition) is 2. The molecule has 0 heterocycles. The van der Waals surface area contributed by atoms with E-state index in [2.05, 4.69) is 53.7 Å². The minimum atomic E-state index is 0.793. The van der Waals surface area contributed by atoms with Gasteiger partial charge in [0.1, 0.15) is 0 Å². The van der Waals surface area contributed by atoms with Gasteiger partial charge in [0.25, 0.3) is 0 Å². The van der Waals surface area contributed by atoms with E-state index in [1.165, 1.54) is 11.1 Å². The van der Waals surface area contributed by atoms with Crippen LogP contribution in [0.5, 0.6) is 0 Å². The largest absolute Gasteiger partial charge is 0.311 e. The molecule has 106 valence electrons. The molecule has 0 amide bonds. The van der Waals surface area contributed by atoms with Gasteiger partial charge in [-0.25, -0.2) is 0 Å². The van der Waals surface area contributed by atoms with Gasteiger partial charge in [0.2, 0.25) is 0 Å². The van der Waals surface area contributed by atoms with Crippen LogP contribution in [0.4, 0.5) is 0 Å². The van der Waals surface area contributed by atoms with Gasteiger partial charge in [0, 0.05) is 31.2 Å². The Morgan fingerprint density at radius 1 is 0.950 bits per heavy atom. The van der Waals surface area contributed by atoms with Crippen molar-refractivity contribution in [3.63, 3.8) is 0 Å². The van der Waals surface area contributed by atoms with Gasteiger partial charge >= 0.3 is 0 Å². The lowest BCUT2D eigenvalue weighted by Gasteiger charge is -2.17. The Bertz CT molecular complexity index is 496. The van der Waals surface area contributed by atoms with Crippen LogP contribution in [0, 0.1) is 0 Å². The average molecular weight is 289 g/mol. The minimum absolute atomic E-state index is 0.793. The summed E-state index contributed by atoms with van der Waals surface area (Å²) >= 11 is 5.89. The summed E-state index contributed by atoms with van der Waals surface area (Å²) < 4.78 is 0. The van der Waals surface area contributed by atoms with Crippen molar-refractivity contribution in [2.24, 2.45) is 0 Å². The molecular formula is C17H21ClN2. The second-order valence-electron chi connectivity index (χ2n) is 5.03. The zero-order chi connectivity index (χ0) is 14.2. The summed E-state index contributed by atoms with van der Waals surface area (Å²) in [6.45, 7) is 3.88. The normalized spacial score (nSPS) is 10.9. The molecule has 0 spiro atoms. The highest BCUT2D eigenvalue weighted by Gasteiger charge is 2.00. The van der Waals surface area contributed by atoms with E-state index in [-0.39, 0.29) is 0 Å². The summed E-state index contributed by atoms with van der Waals surface area (Å²) in [5, 5.41) is 4.26. The van der Waals surface area contributed by atoms with Gasteiger partial charge in [0.05, 0.1) is 0 Å². The van der Waals surface area contributed by atoms with Crippen LogP contribution >= 0.6 is 11.6 Å². The van der Waals surface area contributed by atoms with Gasteiger partial charge in [0.15, 0.2) is 0 Å². The third-order valence-corrected chi connectivity index (χ3v) is 3.46. The molecule has 1 N–H and O–H groups in total. The highest BCUT2D eigenvalue weighted by atomic mass is 35.5. The van der Waals surface area contributed by atoms with Crippen molar-refractivity contribution in [3.05, 3.63) is 70.7 Å². The maximum atomic E-state index is 5.89. The van der Waals surface area contributed by atoms with E-state index >= 15 is 0 Å². The van der Waals surface area contributed by atoms with Crippen molar-refractivity contribution >= 4 is 11.6 Å². The summed E-state index contributed by atoms with van der Waals surface area (Å²) in [7, 11) is 2.14. The zero-order valence-corrected chi connectivity index (χ0v) is 12.6. The molecule has 3 heteroatoms. The first-order chi connectivity index (χ1) is 9.74. The predicted octanol–water partition coefficient (Wildman–Crippen LogP) is 3.56. The summed E-state index contributed by atoms with van der Waals surface area (Å²) in [5.41, 5.74) is 2.62. The van der Waals surface area contributed by atoms with Gasteiger partial charge < -0.3 is 10.2 Å². The predicted molar refractivity (Wildman–Crippen MR) is 85.9 cm³/mol. The van der Waals surface area contributed by atoms with Crippen molar-refractivity contribution in [2.75, 3.05) is 20.1 Å². The Balaban J connectivity index is 1.65. The number of halogens is 1. The van der Waals surface area contributed by atoms with Crippen LogP contribution in [0.2, 0.25) is 5.02 Å². The van der Waals surface area contributed by atoms with Gasteiger partial charge in [-0.2, -0.15) is 0 Å². The Morgan fingerprint density at radius 3 is 2.35 bits per heavy atom. The molecular weight excluding hydrogens is 268 g/mol. The Labute approximate surface area is 126 Å². The zero-order valence-electron chi connectivity index (χ0n) is 11.8. The van der Waals surface area contributed by atoms with E-state index in [1.807, 2.05) is 18.2 Å². The molecule has 0 fully saturated rings. The molecule has 0 aliphatic heterocycles. The second kappa shape index (κ2) is 8.05. The Morgan fingerprint density at radius 2 is 1.65 bits per heavy atom. The van der Waals surface area contributed by atoms with Gasteiger partial charge in [-0.15, -0.1) is 0 Å². The van der Waals surface area contributed by atoms with Crippen LogP contribution in [0.25, 0.3) is 0 Å². The molecule has 0 atom stereocenters.